The summed E-state index contributed by atoms with van der Waals surface area (Å²) in [6, 6.07) is 16.2. The standard InChI is InChI=1S/C18H14O3/c19-18-15-11-14-10-13(12-4-2-1-3-5-12)6-7-16(14)21-17(15)8-9-20-18/h1-7,10-11,17H,8-9H2. The van der Waals surface area contributed by atoms with Gasteiger partial charge in [0.25, 0.3) is 0 Å². The number of benzene rings is 2. The molecule has 3 nitrogen and oxygen atoms in total. The minimum absolute atomic E-state index is 0.165. The van der Waals surface area contributed by atoms with Crippen molar-refractivity contribution >= 4 is 12.0 Å². The second-order valence-corrected chi connectivity index (χ2v) is 5.25. The molecule has 0 radical (unpaired) electrons. The molecule has 0 N–H and O–H groups in total. The highest BCUT2D eigenvalue weighted by molar-refractivity contribution is 5.97. The average Bonchev–Trinajstić information content (AvgIpc) is 2.54. The highest BCUT2D eigenvalue weighted by Gasteiger charge is 2.32. The van der Waals surface area contributed by atoms with Crippen molar-refractivity contribution in [1.82, 2.24) is 0 Å². The van der Waals surface area contributed by atoms with E-state index in [1.54, 1.807) is 0 Å². The lowest BCUT2D eigenvalue weighted by molar-refractivity contribution is -0.143. The summed E-state index contributed by atoms with van der Waals surface area (Å²) >= 11 is 0. The fourth-order valence-electron chi connectivity index (χ4n) is 2.80. The van der Waals surface area contributed by atoms with Crippen molar-refractivity contribution < 1.29 is 14.3 Å². The van der Waals surface area contributed by atoms with Crippen LogP contribution in [0.2, 0.25) is 0 Å². The third-order valence-corrected chi connectivity index (χ3v) is 3.89. The Hall–Kier alpha value is -2.55. The molecule has 0 aliphatic carbocycles. The van der Waals surface area contributed by atoms with Gasteiger partial charge in [0, 0.05) is 12.0 Å². The lowest BCUT2D eigenvalue weighted by Gasteiger charge is -2.29. The summed E-state index contributed by atoms with van der Waals surface area (Å²) in [5.41, 5.74) is 3.81. The van der Waals surface area contributed by atoms with Crippen LogP contribution < -0.4 is 4.74 Å². The number of hydrogen-bond donors (Lipinski definition) is 0. The molecule has 1 saturated heterocycles. The van der Waals surface area contributed by atoms with Crippen LogP contribution in [0.25, 0.3) is 17.2 Å². The van der Waals surface area contributed by atoms with Crippen molar-refractivity contribution in [2.24, 2.45) is 0 Å². The second-order valence-electron chi connectivity index (χ2n) is 5.25. The minimum atomic E-state index is -0.262. The lowest BCUT2D eigenvalue weighted by atomic mass is 9.95. The van der Waals surface area contributed by atoms with Gasteiger partial charge < -0.3 is 9.47 Å². The molecule has 1 atom stereocenters. The molecule has 2 aromatic rings. The van der Waals surface area contributed by atoms with E-state index in [1.807, 2.05) is 36.4 Å². The number of hydrogen-bond acceptors (Lipinski definition) is 3. The van der Waals surface area contributed by atoms with Crippen molar-refractivity contribution in [2.75, 3.05) is 6.61 Å². The first-order valence-electron chi connectivity index (χ1n) is 7.06. The van der Waals surface area contributed by atoms with Gasteiger partial charge in [-0.15, -0.1) is 0 Å². The number of carbonyl (C=O) groups excluding carboxylic acids is 1. The second kappa shape index (κ2) is 4.77. The van der Waals surface area contributed by atoms with Crippen molar-refractivity contribution in [3.8, 4) is 16.9 Å². The Labute approximate surface area is 122 Å². The molecule has 2 aliphatic rings. The Morgan fingerprint density at radius 1 is 1.00 bits per heavy atom. The topological polar surface area (TPSA) is 35.5 Å². The quantitative estimate of drug-likeness (QED) is 0.750. The SMILES string of the molecule is O=C1OCCC2Oc3ccc(-c4ccccc4)cc3C=C12. The Bertz CT molecular complexity index is 731. The molecule has 0 saturated carbocycles. The van der Waals surface area contributed by atoms with Crippen LogP contribution in [-0.4, -0.2) is 18.7 Å². The molecule has 1 fully saturated rings. The van der Waals surface area contributed by atoms with Gasteiger partial charge in [-0.1, -0.05) is 36.4 Å². The molecule has 0 spiro atoms. The normalized spacial score (nSPS) is 19.7. The van der Waals surface area contributed by atoms with Crippen LogP contribution >= 0.6 is 0 Å². The van der Waals surface area contributed by atoms with Gasteiger partial charge in [-0.3, -0.25) is 0 Å². The third kappa shape index (κ3) is 2.11. The lowest BCUT2D eigenvalue weighted by Crippen LogP contribution is -2.34. The molecule has 1 unspecified atom stereocenters. The molecule has 2 aromatic carbocycles. The van der Waals surface area contributed by atoms with Crippen LogP contribution in [0.4, 0.5) is 0 Å². The van der Waals surface area contributed by atoms with Crippen molar-refractivity contribution in [2.45, 2.75) is 12.5 Å². The van der Waals surface area contributed by atoms with Crippen LogP contribution in [0.3, 0.4) is 0 Å². The summed E-state index contributed by atoms with van der Waals surface area (Å²) in [6.07, 6.45) is 2.45. The predicted molar refractivity (Wildman–Crippen MR) is 79.8 cm³/mol. The maximum atomic E-state index is 11.8. The van der Waals surface area contributed by atoms with Gasteiger partial charge in [0.2, 0.25) is 0 Å². The fourth-order valence-corrected chi connectivity index (χ4v) is 2.80. The summed E-state index contributed by atoms with van der Waals surface area (Å²) in [5, 5.41) is 0. The monoisotopic (exact) mass is 278 g/mol. The first kappa shape index (κ1) is 12.2. The van der Waals surface area contributed by atoms with Crippen molar-refractivity contribution in [3.05, 3.63) is 59.7 Å². The number of esters is 1. The van der Waals surface area contributed by atoms with E-state index in [9.17, 15) is 4.79 Å². The van der Waals surface area contributed by atoms with Crippen LogP contribution in [-0.2, 0) is 9.53 Å². The Kier molecular flexibility index (Phi) is 2.78. The van der Waals surface area contributed by atoms with Gasteiger partial charge >= 0.3 is 5.97 Å². The molecule has 4 rings (SSSR count). The molecular formula is C18H14O3. The Morgan fingerprint density at radius 2 is 1.86 bits per heavy atom. The van der Waals surface area contributed by atoms with Gasteiger partial charge in [-0.2, -0.15) is 0 Å². The first-order chi connectivity index (χ1) is 10.3. The van der Waals surface area contributed by atoms with Crippen LogP contribution in [0.1, 0.15) is 12.0 Å². The molecule has 3 heteroatoms. The molecule has 0 bridgehead atoms. The average molecular weight is 278 g/mol. The first-order valence-corrected chi connectivity index (χ1v) is 7.06. The fraction of sp³-hybridized carbons (Fsp3) is 0.167. The van der Waals surface area contributed by atoms with Gasteiger partial charge in [0.1, 0.15) is 11.9 Å². The maximum absolute atomic E-state index is 11.8. The summed E-state index contributed by atoms with van der Waals surface area (Å²) < 4.78 is 11.0. The number of cyclic esters (lactones) is 1. The number of fused-ring (bicyclic) bond motifs is 2. The van der Waals surface area contributed by atoms with E-state index in [2.05, 4.69) is 18.2 Å². The third-order valence-electron chi connectivity index (χ3n) is 3.89. The van der Waals surface area contributed by atoms with E-state index >= 15 is 0 Å². The van der Waals surface area contributed by atoms with Gasteiger partial charge in [0.05, 0.1) is 12.2 Å². The van der Waals surface area contributed by atoms with Gasteiger partial charge in [0.15, 0.2) is 0 Å². The summed E-state index contributed by atoms with van der Waals surface area (Å²) in [4.78, 5) is 11.8. The molecule has 21 heavy (non-hydrogen) atoms. The number of rotatable bonds is 1. The van der Waals surface area contributed by atoms with E-state index in [0.29, 0.717) is 12.2 Å². The largest absolute Gasteiger partial charge is 0.485 e. The molecule has 2 heterocycles. The highest BCUT2D eigenvalue weighted by atomic mass is 16.5. The van der Waals surface area contributed by atoms with Gasteiger partial charge in [-0.05, 0) is 29.3 Å². The van der Waals surface area contributed by atoms with E-state index < -0.39 is 0 Å². The van der Waals surface area contributed by atoms with Crippen molar-refractivity contribution in [3.63, 3.8) is 0 Å². The summed E-state index contributed by atoms with van der Waals surface area (Å²) in [7, 11) is 0. The summed E-state index contributed by atoms with van der Waals surface area (Å²) in [5.74, 6) is 0.570. The van der Waals surface area contributed by atoms with Crippen LogP contribution in [0, 0.1) is 0 Å². The number of carbonyl (C=O) groups is 1. The zero-order valence-corrected chi connectivity index (χ0v) is 11.4. The maximum Gasteiger partial charge on any atom is 0.337 e. The Morgan fingerprint density at radius 3 is 2.71 bits per heavy atom. The predicted octanol–water partition coefficient (Wildman–Crippen LogP) is 3.44. The van der Waals surface area contributed by atoms with Crippen LogP contribution in [0.15, 0.2) is 54.1 Å². The zero-order chi connectivity index (χ0) is 14.2. The van der Waals surface area contributed by atoms with E-state index in [-0.39, 0.29) is 12.1 Å². The minimum Gasteiger partial charge on any atom is -0.485 e. The molecule has 2 aliphatic heterocycles. The zero-order valence-electron chi connectivity index (χ0n) is 11.4. The Balaban J connectivity index is 1.78. The molecule has 104 valence electrons. The summed E-state index contributed by atoms with van der Waals surface area (Å²) in [6.45, 7) is 0.429. The smallest absolute Gasteiger partial charge is 0.337 e. The molecular weight excluding hydrogens is 264 g/mol. The molecule has 0 amide bonds. The van der Waals surface area contributed by atoms with E-state index in [0.717, 1.165) is 28.9 Å². The van der Waals surface area contributed by atoms with Crippen LogP contribution in [0.5, 0.6) is 5.75 Å². The number of ether oxygens (including phenoxy) is 2. The van der Waals surface area contributed by atoms with Crippen molar-refractivity contribution in [1.29, 1.82) is 0 Å². The highest BCUT2D eigenvalue weighted by Crippen LogP contribution is 2.35. The van der Waals surface area contributed by atoms with Gasteiger partial charge in [-0.25, -0.2) is 4.79 Å². The van der Waals surface area contributed by atoms with E-state index in [4.69, 9.17) is 9.47 Å². The van der Waals surface area contributed by atoms with E-state index in [1.165, 1.54) is 0 Å². The molecule has 0 aromatic heterocycles.